The molecule has 0 spiro atoms. The fourth-order valence-electron chi connectivity index (χ4n) is 1.11. The Morgan fingerprint density at radius 3 is 2.70 bits per heavy atom. The van der Waals surface area contributed by atoms with Gasteiger partial charge < -0.3 is 14.6 Å². The Bertz CT molecular complexity index is 105. The standard InChI is InChI=1S/C7H14O3/c1-5-6(8)3-4-7(9-2)10-5/h5-8H,3-4H2,1-2H3/t5-,6-,7+/m0/s1. The van der Waals surface area contributed by atoms with E-state index < -0.39 is 0 Å². The van der Waals surface area contributed by atoms with Gasteiger partial charge in [0.05, 0.1) is 12.2 Å². The van der Waals surface area contributed by atoms with E-state index in [0.29, 0.717) is 0 Å². The van der Waals surface area contributed by atoms with Crippen LogP contribution in [0.25, 0.3) is 0 Å². The summed E-state index contributed by atoms with van der Waals surface area (Å²) in [6.07, 6.45) is 1.06. The Hall–Kier alpha value is -0.120. The second-order valence-corrected chi connectivity index (χ2v) is 2.65. The van der Waals surface area contributed by atoms with Crippen molar-refractivity contribution in [3.8, 4) is 0 Å². The van der Waals surface area contributed by atoms with Gasteiger partial charge in [-0.05, 0) is 13.3 Å². The van der Waals surface area contributed by atoms with Crippen LogP contribution in [0.1, 0.15) is 19.8 Å². The maximum absolute atomic E-state index is 9.21. The summed E-state index contributed by atoms with van der Waals surface area (Å²) in [6, 6.07) is 0. The van der Waals surface area contributed by atoms with E-state index in [1.807, 2.05) is 6.92 Å². The zero-order chi connectivity index (χ0) is 7.56. The predicted molar refractivity (Wildman–Crippen MR) is 36.6 cm³/mol. The second-order valence-electron chi connectivity index (χ2n) is 2.65. The molecule has 3 heteroatoms. The van der Waals surface area contributed by atoms with Crippen molar-refractivity contribution in [1.29, 1.82) is 0 Å². The zero-order valence-corrected chi connectivity index (χ0v) is 6.41. The van der Waals surface area contributed by atoms with E-state index in [1.54, 1.807) is 7.11 Å². The highest BCUT2D eigenvalue weighted by Gasteiger charge is 2.25. The van der Waals surface area contributed by atoms with Crippen LogP contribution in [-0.2, 0) is 9.47 Å². The summed E-state index contributed by atoms with van der Waals surface area (Å²) in [6.45, 7) is 1.86. The molecule has 0 aromatic rings. The van der Waals surface area contributed by atoms with E-state index in [0.717, 1.165) is 12.8 Å². The van der Waals surface area contributed by atoms with Crippen LogP contribution in [0.15, 0.2) is 0 Å². The molecule has 0 aliphatic carbocycles. The van der Waals surface area contributed by atoms with Gasteiger partial charge >= 0.3 is 0 Å². The maximum atomic E-state index is 9.21. The molecule has 60 valence electrons. The molecule has 1 rings (SSSR count). The molecule has 1 aliphatic heterocycles. The molecular weight excluding hydrogens is 132 g/mol. The van der Waals surface area contributed by atoms with Crippen LogP contribution < -0.4 is 0 Å². The average Bonchev–Trinajstić information content (AvgIpc) is 1.95. The Morgan fingerprint density at radius 1 is 1.50 bits per heavy atom. The van der Waals surface area contributed by atoms with E-state index in [1.165, 1.54) is 0 Å². The van der Waals surface area contributed by atoms with E-state index in [4.69, 9.17) is 9.47 Å². The van der Waals surface area contributed by atoms with Crippen LogP contribution >= 0.6 is 0 Å². The minimum Gasteiger partial charge on any atom is -0.390 e. The number of methoxy groups -OCH3 is 1. The quantitative estimate of drug-likeness (QED) is 0.586. The molecule has 3 nitrogen and oxygen atoms in total. The summed E-state index contributed by atoms with van der Waals surface area (Å²) >= 11 is 0. The molecule has 1 saturated heterocycles. The third-order valence-electron chi connectivity index (χ3n) is 1.87. The predicted octanol–water partition coefficient (Wildman–Crippen LogP) is 0.519. The lowest BCUT2D eigenvalue weighted by atomic mass is 10.1. The molecule has 1 aliphatic rings. The summed E-state index contributed by atoms with van der Waals surface area (Å²) in [7, 11) is 1.62. The summed E-state index contributed by atoms with van der Waals surface area (Å²) in [4.78, 5) is 0. The molecule has 0 saturated carbocycles. The van der Waals surface area contributed by atoms with E-state index in [9.17, 15) is 5.11 Å². The van der Waals surface area contributed by atoms with E-state index in [2.05, 4.69) is 0 Å². The van der Waals surface area contributed by atoms with Crippen molar-refractivity contribution in [3.63, 3.8) is 0 Å². The van der Waals surface area contributed by atoms with Crippen LogP contribution in [0.3, 0.4) is 0 Å². The minimum absolute atomic E-state index is 0.0845. The van der Waals surface area contributed by atoms with Gasteiger partial charge in [-0.15, -0.1) is 0 Å². The largest absolute Gasteiger partial charge is 0.390 e. The van der Waals surface area contributed by atoms with Crippen molar-refractivity contribution >= 4 is 0 Å². The van der Waals surface area contributed by atoms with Crippen molar-refractivity contribution in [2.24, 2.45) is 0 Å². The van der Waals surface area contributed by atoms with Crippen LogP contribution in [0.4, 0.5) is 0 Å². The highest BCUT2D eigenvalue weighted by Crippen LogP contribution is 2.19. The SMILES string of the molecule is CO[C@H]1CC[C@H](O)[C@H](C)O1. The molecule has 1 N–H and O–H groups in total. The summed E-state index contributed by atoms with van der Waals surface area (Å²) in [5.74, 6) is 0. The monoisotopic (exact) mass is 146 g/mol. The first-order valence-electron chi connectivity index (χ1n) is 3.60. The molecule has 0 radical (unpaired) electrons. The summed E-state index contributed by atoms with van der Waals surface area (Å²) < 4.78 is 10.3. The molecule has 0 unspecified atom stereocenters. The van der Waals surface area contributed by atoms with Crippen LogP contribution in [0, 0.1) is 0 Å². The smallest absolute Gasteiger partial charge is 0.157 e. The molecule has 0 bridgehead atoms. The van der Waals surface area contributed by atoms with Gasteiger partial charge in [-0.25, -0.2) is 0 Å². The Balaban J connectivity index is 2.33. The summed E-state index contributed by atoms with van der Waals surface area (Å²) in [5, 5.41) is 9.21. The molecule has 0 amide bonds. The Morgan fingerprint density at radius 2 is 2.20 bits per heavy atom. The lowest BCUT2D eigenvalue weighted by Crippen LogP contribution is -2.37. The normalized spacial score (nSPS) is 41.7. The number of hydrogen-bond acceptors (Lipinski definition) is 3. The highest BCUT2D eigenvalue weighted by atomic mass is 16.7. The zero-order valence-electron chi connectivity index (χ0n) is 6.41. The van der Waals surface area contributed by atoms with Gasteiger partial charge in [-0.2, -0.15) is 0 Å². The first-order valence-corrected chi connectivity index (χ1v) is 3.60. The maximum Gasteiger partial charge on any atom is 0.157 e. The lowest BCUT2D eigenvalue weighted by Gasteiger charge is -2.30. The molecule has 3 atom stereocenters. The van der Waals surface area contributed by atoms with Gasteiger partial charge in [-0.1, -0.05) is 0 Å². The topological polar surface area (TPSA) is 38.7 Å². The van der Waals surface area contributed by atoms with Crippen molar-refractivity contribution in [2.75, 3.05) is 7.11 Å². The van der Waals surface area contributed by atoms with Gasteiger partial charge in [0.2, 0.25) is 0 Å². The molecule has 10 heavy (non-hydrogen) atoms. The number of aliphatic hydroxyl groups is 1. The number of aliphatic hydroxyl groups excluding tert-OH is 1. The van der Waals surface area contributed by atoms with Crippen molar-refractivity contribution in [3.05, 3.63) is 0 Å². The van der Waals surface area contributed by atoms with Gasteiger partial charge in [0.25, 0.3) is 0 Å². The van der Waals surface area contributed by atoms with Crippen molar-refractivity contribution < 1.29 is 14.6 Å². The summed E-state index contributed by atoms with van der Waals surface area (Å²) in [5.41, 5.74) is 0. The Labute approximate surface area is 60.9 Å². The number of hydrogen-bond donors (Lipinski definition) is 1. The third kappa shape index (κ3) is 1.68. The first-order chi connectivity index (χ1) is 4.74. The third-order valence-corrected chi connectivity index (χ3v) is 1.87. The van der Waals surface area contributed by atoms with Gasteiger partial charge in [0.15, 0.2) is 6.29 Å². The highest BCUT2D eigenvalue weighted by molar-refractivity contribution is 4.70. The molecular formula is C7H14O3. The molecule has 0 aromatic heterocycles. The second kappa shape index (κ2) is 3.32. The van der Waals surface area contributed by atoms with E-state index >= 15 is 0 Å². The van der Waals surface area contributed by atoms with Crippen LogP contribution in [0.5, 0.6) is 0 Å². The first kappa shape index (κ1) is 7.98. The van der Waals surface area contributed by atoms with E-state index in [-0.39, 0.29) is 18.5 Å². The van der Waals surface area contributed by atoms with Crippen LogP contribution in [0.2, 0.25) is 0 Å². The fourth-order valence-corrected chi connectivity index (χ4v) is 1.11. The van der Waals surface area contributed by atoms with Crippen LogP contribution in [-0.4, -0.2) is 30.7 Å². The lowest BCUT2D eigenvalue weighted by molar-refractivity contribution is -0.206. The fraction of sp³-hybridized carbons (Fsp3) is 1.00. The van der Waals surface area contributed by atoms with Gasteiger partial charge in [-0.3, -0.25) is 0 Å². The van der Waals surface area contributed by atoms with Crippen molar-refractivity contribution in [2.45, 2.75) is 38.3 Å². The number of rotatable bonds is 1. The minimum atomic E-state index is -0.314. The Kier molecular flexibility index (Phi) is 2.65. The van der Waals surface area contributed by atoms with Crippen molar-refractivity contribution in [1.82, 2.24) is 0 Å². The molecule has 1 fully saturated rings. The molecule has 1 heterocycles. The van der Waals surface area contributed by atoms with Gasteiger partial charge in [0, 0.05) is 13.5 Å². The number of ether oxygens (including phenoxy) is 2. The molecule has 0 aromatic carbocycles. The van der Waals surface area contributed by atoms with Gasteiger partial charge in [0.1, 0.15) is 0 Å². The average molecular weight is 146 g/mol.